The lowest BCUT2D eigenvalue weighted by Gasteiger charge is -2.13. The van der Waals surface area contributed by atoms with E-state index >= 15 is 0 Å². The minimum absolute atomic E-state index is 0.794. The van der Waals surface area contributed by atoms with E-state index in [0.717, 1.165) is 74.1 Å². The number of aromatic nitrogens is 5. The molecule has 0 N–H and O–H groups in total. The molecule has 1 aliphatic carbocycles. The third-order valence-corrected chi connectivity index (χ3v) is 9.08. The zero-order chi connectivity index (χ0) is 28.8. The average Bonchev–Trinajstić information content (AvgIpc) is 3.84. The van der Waals surface area contributed by atoms with Gasteiger partial charge in [-0.3, -0.25) is 4.57 Å². The van der Waals surface area contributed by atoms with Crippen molar-refractivity contribution < 1.29 is 4.42 Å². The Hall–Kier alpha value is -5.88. The van der Waals surface area contributed by atoms with Crippen molar-refractivity contribution in [2.45, 2.75) is 12.8 Å². The molecule has 4 heterocycles. The SMILES string of the molecule is C1=Cc2c(n(-c3ccc4oc5ccc(-c6cccc(-n7c8ccccc8n8ncnc78)c6)cc5c4c3)c3ccccc23)CC1. The van der Waals surface area contributed by atoms with Crippen molar-refractivity contribution >= 4 is 55.7 Å². The summed E-state index contributed by atoms with van der Waals surface area (Å²) in [5.41, 5.74) is 12.3. The van der Waals surface area contributed by atoms with Crippen molar-refractivity contribution in [3.63, 3.8) is 0 Å². The van der Waals surface area contributed by atoms with Crippen LogP contribution < -0.4 is 0 Å². The summed E-state index contributed by atoms with van der Waals surface area (Å²) in [5.74, 6) is 0.794. The molecule has 44 heavy (non-hydrogen) atoms. The molecule has 0 aliphatic heterocycles. The molecule has 10 rings (SSSR count). The van der Waals surface area contributed by atoms with Gasteiger partial charge in [-0.2, -0.15) is 14.6 Å². The Balaban J connectivity index is 1.14. The largest absolute Gasteiger partial charge is 0.456 e. The molecule has 6 heteroatoms. The van der Waals surface area contributed by atoms with Gasteiger partial charge in [0, 0.05) is 38.8 Å². The summed E-state index contributed by atoms with van der Waals surface area (Å²) in [6.45, 7) is 0. The summed E-state index contributed by atoms with van der Waals surface area (Å²) in [5, 5.41) is 8.00. The third kappa shape index (κ3) is 3.25. The van der Waals surface area contributed by atoms with Gasteiger partial charge >= 0.3 is 0 Å². The smallest absolute Gasteiger partial charge is 0.238 e. The maximum atomic E-state index is 6.34. The van der Waals surface area contributed by atoms with Gasteiger partial charge in [-0.25, -0.2) is 0 Å². The molecule has 0 unspecified atom stereocenters. The molecule has 0 bridgehead atoms. The summed E-state index contributed by atoms with van der Waals surface area (Å²) in [7, 11) is 0. The molecule has 0 spiro atoms. The van der Waals surface area contributed by atoms with E-state index < -0.39 is 0 Å². The molecule has 0 fully saturated rings. The van der Waals surface area contributed by atoms with Crippen LogP contribution in [0.1, 0.15) is 17.7 Å². The van der Waals surface area contributed by atoms with E-state index in [1.807, 2.05) is 10.6 Å². The van der Waals surface area contributed by atoms with E-state index in [4.69, 9.17) is 4.42 Å². The average molecular weight is 568 g/mol. The third-order valence-electron chi connectivity index (χ3n) is 9.08. The van der Waals surface area contributed by atoms with Gasteiger partial charge in [-0.05, 0) is 84.6 Å². The van der Waals surface area contributed by atoms with Crippen molar-refractivity contribution in [1.29, 1.82) is 0 Å². The van der Waals surface area contributed by atoms with Crippen LogP contribution in [0.4, 0.5) is 0 Å². The van der Waals surface area contributed by atoms with Crippen LogP contribution in [0.2, 0.25) is 0 Å². The maximum Gasteiger partial charge on any atom is 0.238 e. The Kier molecular flexibility index (Phi) is 4.74. The van der Waals surface area contributed by atoms with E-state index in [2.05, 4.69) is 134 Å². The summed E-state index contributed by atoms with van der Waals surface area (Å²) in [6, 6.07) is 38.7. The number of hydrogen-bond donors (Lipinski definition) is 0. The number of benzene rings is 5. The summed E-state index contributed by atoms with van der Waals surface area (Å²) < 4.78 is 12.8. The predicted octanol–water partition coefficient (Wildman–Crippen LogP) is 9.14. The van der Waals surface area contributed by atoms with E-state index in [9.17, 15) is 0 Å². The van der Waals surface area contributed by atoms with E-state index in [-0.39, 0.29) is 0 Å². The minimum atomic E-state index is 0.794. The Bertz CT molecular complexity index is 2630. The molecule has 0 atom stereocenters. The van der Waals surface area contributed by atoms with Crippen LogP contribution in [-0.4, -0.2) is 23.7 Å². The number of furan rings is 1. The maximum absolute atomic E-state index is 6.34. The summed E-state index contributed by atoms with van der Waals surface area (Å²) in [6.07, 6.45) is 8.27. The van der Waals surface area contributed by atoms with Crippen molar-refractivity contribution in [2.75, 3.05) is 0 Å². The second-order valence-corrected chi connectivity index (χ2v) is 11.5. The van der Waals surface area contributed by atoms with Crippen LogP contribution in [0.3, 0.4) is 0 Å². The van der Waals surface area contributed by atoms with Crippen molar-refractivity contribution in [3.8, 4) is 22.5 Å². The summed E-state index contributed by atoms with van der Waals surface area (Å²) in [4.78, 5) is 4.57. The first kappa shape index (κ1) is 23.7. The lowest BCUT2D eigenvalue weighted by atomic mass is 10.0. The van der Waals surface area contributed by atoms with Gasteiger partial charge in [-0.15, -0.1) is 0 Å². The fraction of sp³-hybridized carbons (Fsp3) is 0.0526. The van der Waals surface area contributed by atoms with Gasteiger partial charge in [-0.1, -0.05) is 60.7 Å². The lowest BCUT2D eigenvalue weighted by molar-refractivity contribution is 0.669. The highest BCUT2D eigenvalue weighted by Crippen LogP contribution is 2.38. The van der Waals surface area contributed by atoms with Crippen LogP contribution in [-0.2, 0) is 6.42 Å². The fourth-order valence-electron chi connectivity index (χ4n) is 7.13. The van der Waals surface area contributed by atoms with Gasteiger partial charge in [0.1, 0.15) is 17.5 Å². The molecule has 0 saturated carbocycles. The molecular formula is C38H25N5O. The zero-order valence-electron chi connectivity index (χ0n) is 23.7. The van der Waals surface area contributed by atoms with Crippen molar-refractivity contribution in [2.24, 2.45) is 0 Å². The Morgan fingerprint density at radius 1 is 0.614 bits per heavy atom. The summed E-state index contributed by atoms with van der Waals surface area (Å²) >= 11 is 0. The number of allylic oxidation sites excluding steroid dienone is 1. The molecule has 4 aromatic heterocycles. The number of rotatable bonds is 3. The van der Waals surface area contributed by atoms with Gasteiger partial charge in [0.05, 0.1) is 16.6 Å². The topological polar surface area (TPSA) is 53.2 Å². The number of hydrogen-bond acceptors (Lipinski definition) is 3. The molecule has 6 nitrogen and oxygen atoms in total. The Morgan fingerprint density at radius 3 is 2.32 bits per heavy atom. The highest BCUT2D eigenvalue weighted by Gasteiger charge is 2.20. The molecule has 0 radical (unpaired) electrons. The molecule has 0 amide bonds. The van der Waals surface area contributed by atoms with Crippen molar-refractivity contribution in [1.82, 2.24) is 23.7 Å². The highest BCUT2D eigenvalue weighted by atomic mass is 16.3. The first-order valence-electron chi connectivity index (χ1n) is 15.0. The lowest BCUT2D eigenvalue weighted by Crippen LogP contribution is -2.02. The first-order valence-corrected chi connectivity index (χ1v) is 15.0. The predicted molar refractivity (Wildman–Crippen MR) is 177 cm³/mol. The molecule has 208 valence electrons. The van der Waals surface area contributed by atoms with Crippen molar-refractivity contribution in [3.05, 3.63) is 133 Å². The standard InChI is InChI=1S/C38H25N5O/c1-3-12-32-28(10-1)29-11-2-4-13-33(29)41(32)27-17-19-37-31(22-27)30-21-25(16-18-36(30)44-37)24-8-7-9-26(20-24)42-34-14-5-6-15-35(34)43-38(42)39-23-40-43/h1-3,5-12,14-23H,4,13H2. The van der Waals surface area contributed by atoms with Gasteiger partial charge in [0.2, 0.25) is 5.78 Å². The number of para-hydroxylation sites is 3. The Labute approximate surface area is 251 Å². The van der Waals surface area contributed by atoms with Gasteiger partial charge in [0.15, 0.2) is 0 Å². The molecule has 1 aliphatic rings. The fourth-order valence-corrected chi connectivity index (χ4v) is 7.13. The van der Waals surface area contributed by atoms with Crippen LogP contribution in [0.25, 0.3) is 78.2 Å². The number of nitrogens with zero attached hydrogens (tertiary/aromatic N) is 5. The Morgan fingerprint density at radius 2 is 1.39 bits per heavy atom. The molecule has 0 saturated heterocycles. The quantitative estimate of drug-likeness (QED) is 0.214. The molecule has 5 aromatic carbocycles. The zero-order valence-corrected chi connectivity index (χ0v) is 23.7. The highest BCUT2D eigenvalue weighted by molar-refractivity contribution is 6.07. The van der Waals surface area contributed by atoms with Crippen LogP contribution in [0.5, 0.6) is 0 Å². The monoisotopic (exact) mass is 567 g/mol. The van der Waals surface area contributed by atoms with E-state index in [0.29, 0.717) is 0 Å². The second-order valence-electron chi connectivity index (χ2n) is 11.5. The van der Waals surface area contributed by atoms with Crippen LogP contribution >= 0.6 is 0 Å². The normalized spacial score (nSPS) is 13.2. The van der Waals surface area contributed by atoms with E-state index in [1.54, 1.807) is 6.33 Å². The van der Waals surface area contributed by atoms with Crippen LogP contribution in [0, 0.1) is 0 Å². The van der Waals surface area contributed by atoms with Gasteiger partial charge < -0.3 is 8.98 Å². The first-order chi connectivity index (χ1) is 21.8. The minimum Gasteiger partial charge on any atom is -0.456 e. The van der Waals surface area contributed by atoms with E-state index in [1.165, 1.54) is 22.2 Å². The number of imidazole rings is 1. The number of fused-ring (bicyclic) bond motifs is 9. The second kappa shape index (κ2) is 8.82. The van der Waals surface area contributed by atoms with Crippen LogP contribution in [0.15, 0.2) is 126 Å². The molecular weight excluding hydrogens is 542 g/mol. The molecule has 9 aromatic rings. The van der Waals surface area contributed by atoms with Gasteiger partial charge in [0.25, 0.3) is 0 Å².